The van der Waals surface area contributed by atoms with E-state index in [9.17, 15) is 9.59 Å². The number of ketones is 1. The monoisotopic (exact) mass is 233 g/mol. The number of carbonyl (C=O) groups excluding carboxylic acids is 2. The highest BCUT2D eigenvalue weighted by atomic mass is 16.1. The average Bonchev–Trinajstić information content (AvgIpc) is 2.22. The molecule has 1 amide bonds. The zero-order valence-corrected chi connectivity index (χ0v) is 10.8. The predicted octanol–water partition coefficient (Wildman–Crippen LogP) is 3.04. The van der Waals surface area contributed by atoms with Gasteiger partial charge in [-0.2, -0.15) is 0 Å². The Hall–Kier alpha value is -1.64. The smallest absolute Gasteiger partial charge is 0.221 e. The summed E-state index contributed by atoms with van der Waals surface area (Å²) >= 11 is 0. The molecule has 0 heterocycles. The highest BCUT2D eigenvalue weighted by Crippen LogP contribution is 2.29. The minimum absolute atomic E-state index is 0.117. The van der Waals surface area contributed by atoms with E-state index < -0.39 is 0 Å². The lowest BCUT2D eigenvalue weighted by atomic mass is 9.90. The van der Waals surface area contributed by atoms with E-state index in [4.69, 9.17) is 0 Å². The van der Waals surface area contributed by atoms with Gasteiger partial charge >= 0.3 is 0 Å². The zero-order chi connectivity index (χ0) is 13.0. The molecule has 1 unspecified atom stereocenters. The van der Waals surface area contributed by atoms with E-state index in [1.165, 1.54) is 6.92 Å². The Kier molecular flexibility index (Phi) is 4.44. The second-order valence-corrected chi connectivity index (χ2v) is 4.34. The first-order valence-electron chi connectivity index (χ1n) is 5.84. The molecule has 1 N–H and O–H groups in total. The van der Waals surface area contributed by atoms with Gasteiger partial charge in [0.2, 0.25) is 5.91 Å². The lowest BCUT2D eigenvalue weighted by Crippen LogP contribution is -2.14. The molecule has 1 aromatic rings. The van der Waals surface area contributed by atoms with E-state index in [0.717, 1.165) is 23.2 Å². The van der Waals surface area contributed by atoms with Crippen LogP contribution in [0.25, 0.3) is 0 Å². The van der Waals surface area contributed by atoms with Gasteiger partial charge < -0.3 is 5.32 Å². The van der Waals surface area contributed by atoms with E-state index in [1.54, 1.807) is 6.92 Å². The van der Waals surface area contributed by atoms with Crippen LogP contribution in [-0.2, 0) is 9.59 Å². The maximum atomic E-state index is 11.6. The molecule has 0 bridgehead atoms. The molecule has 0 aromatic heterocycles. The molecule has 1 atom stereocenters. The summed E-state index contributed by atoms with van der Waals surface area (Å²) in [5.41, 5.74) is 2.74. The van der Waals surface area contributed by atoms with Gasteiger partial charge in [-0.15, -0.1) is 0 Å². The second kappa shape index (κ2) is 5.62. The Bertz CT molecular complexity index is 438. The van der Waals surface area contributed by atoms with Gasteiger partial charge in [-0.05, 0) is 31.9 Å². The van der Waals surface area contributed by atoms with Crippen molar-refractivity contribution in [2.24, 2.45) is 0 Å². The van der Waals surface area contributed by atoms with E-state index in [0.29, 0.717) is 0 Å². The van der Waals surface area contributed by atoms with Crippen LogP contribution in [0.2, 0.25) is 0 Å². The Balaban J connectivity index is 3.22. The first-order valence-corrected chi connectivity index (χ1v) is 5.84. The Morgan fingerprint density at radius 3 is 2.41 bits per heavy atom. The first kappa shape index (κ1) is 13.4. The van der Waals surface area contributed by atoms with Crippen molar-refractivity contribution in [3.05, 3.63) is 29.3 Å². The van der Waals surface area contributed by atoms with Crippen molar-refractivity contribution in [1.82, 2.24) is 0 Å². The van der Waals surface area contributed by atoms with Gasteiger partial charge in [-0.3, -0.25) is 9.59 Å². The van der Waals surface area contributed by atoms with Gasteiger partial charge in [0.1, 0.15) is 5.78 Å². The predicted molar refractivity (Wildman–Crippen MR) is 69.2 cm³/mol. The number of amides is 1. The van der Waals surface area contributed by atoms with Crippen LogP contribution < -0.4 is 5.32 Å². The molecule has 17 heavy (non-hydrogen) atoms. The van der Waals surface area contributed by atoms with Crippen LogP contribution in [0.15, 0.2) is 18.2 Å². The standard InChI is InChI=1S/C14H19NO2/c1-5-12(10(3)16)13-8-9(2)6-7-14(13)15-11(4)17/h6-8,12H,5H2,1-4H3,(H,15,17). The van der Waals surface area contributed by atoms with Crippen LogP contribution >= 0.6 is 0 Å². The molecular weight excluding hydrogens is 214 g/mol. The highest BCUT2D eigenvalue weighted by molar-refractivity contribution is 5.92. The number of anilines is 1. The number of carbonyl (C=O) groups is 2. The van der Waals surface area contributed by atoms with Crippen LogP contribution in [0.3, 0.4) is 0 Å². The maximum Gasteiger partial charge on any atom is 0.221 e. The third kappa shape index (κ3) is 3.41. The molecule has 3 heteroatoms. The Morgan fingerprint density at radius 2 is 1.94 bits per heavy atom. The largest absolute Gasteiger partial charge is 0.326 e. The van der Waals surface area contributed by atoms with Crippen LogP contribution in [0.5, 0.6) is 0 Å². The first-order chi connectivity index (χ1) is 7.95. The van der Waals surface area contributed by atoms with Crippen molar-refractivity contribution in [3.8, 4) is 0 Å². The quantitative estimate of drug-likeness (QED) is 0.868. The summed E-state index contributed by atoms with van der Waals surface area (Å²) in [6.45, 7) is 7.02. The number of benzene rings is 1. The number of hydrogen-bond acceptors (Lipinski definition) is 2. The summed E-state index contributed by atoms with van der Waals surface area (Å²) in [5.74, 6) is -0.130. The molecule has 92 valence electrons. The SMILES string of the molecule is CCC(C(C)=O)c1cc(C)ccc1NC(C)=O. The number of rotatable bonds is 4. The molecule has 0 aliphatic rings. The van der Waals surface area contributed by atoms with Crippen molar-refractivity contribution < 1.29 is 9.59 Å². The van der Waals surface area contributed by atoms with Crippen molar-refractivity contribution in [2.75, 3.05) is 5.32 Å². The van der Waals surface area contributed by atoms with Crippen LogP contribution in [0.1, 0.15) is 44.2 Å². The normalized spacial score (nSPS) is 12.0. The molecule has 0 saturated carbocycles. The number of Topliss-reactive ketones (excluding diaryl/α,β-unsaturated/α-hetero) is 1. The average molecular weight is 233 g/mol. The zero-order valence-electron chi connectivity index (χ0n) is 10.8. The molecule has 0 aliphatic carbocycles. The summed E-state index contributed by atoms with van der Waals surface area (Å²) in [7, 11) is 0. The number of nitrogens with one attached hydrogen (secondary N) is 1. The van der Waals surface area contributed by atoms with Gasteiger partial charge in [-0.25, -0.2) is 0 Å². The van der Waals surface area contributed by atoms with Crippen LogP contribution in [-0.4, -0.2) is 11.7 Å². The van der Waals surface area contributed by atoms with Crippen molar-refractivity contribution in [1.29, 1.82) is 0 Å². The molecule has 0 saturated heterocycles. The fourth-order valence-electron chi connectivity index (χ4n) is 2.00. The molecule has 3 nitrogen and oxygen atoms in total. The minimum atomic E-state index is -0.142. The summed E-state index contributed by atoms with van der Waals surface area (Å²) in [5, 5.41) is 2.78. The van der Waals surface area contributed by atoms with Crippen molar-refractivity contribution in [2.45, 2.75) is 40.0 Å². The van der Waals surface area contributed by atoms with Gasteiger partial charge in [-0.1, -0.05) is 24.6 Å². The molecule has 0 fully saturated rings. The fourth-order valence-corrected chi connectivity index (χ4v) is 2.00. The minimum Gasteiger partial charge on any atom is -0.326 e. The fraction of sp³-hybridized carbons (Fsp3) is 0.429. The van der Waals surface area contributed by atoms with E-state index in [-0.39, 0.29) is 17.6 Å². The summed E-state index contributed by atoms with van der Waals surface area (Å²) in [6.07, 6.45) is 0.741. The number of aryl methyl sites for hydroxylation is 1. The van der Waals surface area contributed by atoms with Crippen molar-refractivity contribution >= 4 is 17.4 Å². The molecule has 1 rings (SSSR count). The van der Waals surface area contributed by atoms with Gasteiger partial charge in [0.15, 0.2) is 0 Å². The topological polar surface area (TPSA) is 46.2 Å². The third-order valence-corrected chi connectivity index (χ3v) is 2.79. The Labute approximate surface area is 102 Å². The van der Waals surface area contributed by atoms with Crippen molar-refractivity contribution in [3.63, 3.8) is 0 Å². The maximum absolute atomic E-state index is 11.6. The highest BCUT2D eigenvalue weighted by Gasteiger charge is 2.18. The lowest BCUT2D eigenvalue weighted by molar-refractivity contribution is -0.118. The third-order valence-electron chi connectivity index (χ3n) is 2.79. The molecule has 0 radical (unpaired) electrons. The second-order valence-electron chi connectivity index (χ2n) is 4.34. The van der Waals surface area contributed by atoms with Gasteiger partial charge in [0.05, 0.1) is 0 Å². The summed E-state index contributed by atoms with van der Waals surface area (Å²) in [4.78, 5) is 22.7. The molecule has 0 spiro atoms. The van der Waals surface area contributed by atoms with Crippen LogP contribution in [0, 0.1) is 6.92 Å². The van der Waals surface area contributed by atoms with E-state index >= 15 is 0 Å². The van der Waals surface area contributed by atoms with E-state index in [1.807, 2.05) is 32.0 Å². The van der Waals surface area contributed by atoms with Crippen LogP contribution in [0.4, 0.5) is 5.69 Å². The van der Waals surface area contributed by atoms with Gasteiger partial charge in [0.25, 0.3) is 0 Å². The lowest BCUT2D eigenvalue weighted by Gasteiger charge is -2.17. The summed E-state index contributed by atoms with van der Waals surface area (Å²) in [6, 6.07) is 5.76. The van der Waals surface area contributed by atoms with E-state index in [2.05, 4.69) is 5.32 Å². The molecular formula is C14H19NO2. The molecule has 0 aliphatic heterocycles. The summed E-state index contributed by atoms with van der Waals surface area (Å²) < 4.78 is 0. The number of hydrogen-bond donors (Lipinski definition) is 1. The molecule has 1 aromatic carbocycles. The Morgan fingerprint density at radius 1 is 1.29 bits per heavy atom. The van der Waals surface area contributed by atoms with Gasteiger partial charge in [0, 0.05) is 18.5 Å².